The van der Waals surface area contributed by atoms with Gasteiger partial charge in [0, 0.05) is 23.4 Å². The summed E-state index contributed by atoms with van der Waals surface area (Å²) in [5.74, 6) is -0.226. The summed E-state index contributed by atoms with van der Waals surface area (Å²) in [5, 5.41) is 2.97. The molecule has 3 aromatic rings. The van der Waals surface area contributed by atoms with Crippen LogP contribution in [-0.2, 0) is 11.2 Å². The van der Waals surface area contributed by atoms with Crippen LogP contribution in [0.2, 0.25) is 0 Å². The molecule has 2 aromatic carbocycles. The number of carbonyl (C=O) groups excluding carboxylic acids is 2. The number of alkyl halides is 3. The number of halogens is 3. The van der Waals surface area contributed by atoms with Crippen LogP contribution in [0.15, 0.2) is 63.4 Å². The molecule has 0 spiro atoms. The van der Waals surface area contributed by atoms with Gasteiger partial charge in [-0.25, -0.2) is 4.98 Å². The standard InChI is InChI=1S/C23H18F3N3O4S2/c1-13(30)14-2-4-15(5-3-14)27-19(31)12-35-22-28-18-10-11-34-20(18)21(32)29(22)16-6-8-17(9-7-16)33-23(24,25)26/h2-9H,10-12H2,1H3,(H,27,31). The highest BCUT2D eigenvalue weighted by molar-refractivity contribution is 8.00. The Morgan fingerprint density at radius 3 is 2.46 bits per heavy atom. The van der Waals surface area contributed by atoms with Crippen LogP contribution in [0.5, 0.6) is 5.75 Å². The molecule has 0 saturated heterocycles. The molecule has 0 bridgehead atoms. The number of anilines is 1. The van der Waals surface area contributed by atoms with Gasteiger partial charge in [-0.3, -0.25) is 19.0 Å². The van der Waals surface area contributed by atoms with E-state index in [9.17, 15) is 27.6 Å². The first kappa shape index (κ1) is 24.9. The van der Waals surface area contributed by atoms with Gasteiger partial charge in [-0.05, 0) is 55.5 Å². The smallest absolute Gasteiger partial charge is 0.406 e. The van der Waals surface area contributed by atoms with E-state index < -0.39 is 12.1 Å². The molecular formula is C23H18F3N3O4S2. The van der Waals surface area contributed by atoms with Crippen molar-refractivity contribution in [3.05, 3.63) is 70.1 Å². The summed E-state index contributed by atoms with van der Waals surface area (Å²) >= 11 is 2.41. The van der Waals surface area contributed by atoms with Crippen LogP contribution >= 0.6 is 23.5 Å². The van der Waals surface area contributed by atoms with E-state index in [1.807, 2.05) is 0 Å². The Morgan fingerprint density at radius 1 is 1.14 bits per heavy atom. The number of thioether (sulfide) groups is 2. The van der Waals surface area contributed by atoms with Gasteiger partial charge in [-0.1, -0.05) is 11.8 Å². The second kappa shape index (κ2) is 10.2. The highest BCUT2D eigenvalue weighted by atomic mass is 32.2. The first-order chi connectivity index (χ1) is 16.6. The van der Waals surface area contributed by atoms with Gasteiger partial charge in [-0.15, -0.1) is 24.9 Å². The third kappa shape index (κ3) is 6.06. The van der Waals surface area contributed by atoms with Crippen molar-refractivity contribution in [3.8, 4) is 11.4 Å². The van der Waals surface area contributed by atoms with E-state index >= 15 is 0 Å². The zero-order chi connectivity index (χ0) is 25.2. The summed E-state index contributed by atoms with van der Waals surface area (Å²) in [6.07, 6.45) is -4.22. The SMILES string of the molecule is CC(=O)c1ccc(NC(=O)CSc2nc3c(c(=O)n2-c2ccc(OC(F)(F)F)cc2)SCC3)cc1. The Bertz CT molecular complexity index is 1320. The maximum Gasteiger partial charge on any atom is 0.573 e. The van der Waals surface area contributed by atoms with Crippen molar-refractivity contribution in [2.45, 2.75) is 29.8 Å². The Kier molecular flexibility index (Phi) is 7.22. The number of aryl methyl sites for hydroxylation is 1. The normalized spacial score (nSPS) is 12.8. The summed E-state index contributed by atoms with van der Waals surface area (Å²) < 4.78 is 42.6. The van der Waals surface area contributed by atoms with Crippen LogP contribution in [0, 0.1) is 0 Å². The number of amides is 1. The van der Waals surface area contributed by atoms with Crippen LogP contribution in [-0.4, -0.2) is 39.1 Å². The highest BCUT2D eigenvalue weighted by Crippen LogP contribution is 2.31. The van der Waals surface area contributed by atoms with E-state index in [1.54, 1.807) is 24.3 Å². The third-order valence-electron chi connectivity index (χ3n) is 4.90. The number of hydrogen-bond acceptors (Lipinski definition) is 7. The predicted molar refractivity (Wildman–Crippen MR) is 127 cm³/mol. The molecule has 1 N–H and O–H groups in total. The summed E-state index contributed by atoms with van der Waals surface area (Å²) in [7, 11) is 0. The molecule has 4 rings (SSSR count). The molecule has 182 valence electrons. The predicted octanol–water partition coefficient (Wildman–Crippen LogP) is 4.71. The quantitative estimate of drug-likeness (QED) is 0.274. The van der Waals surface area contributed by atoms with E-state index in [2.05, 4.69) is 15.0 Å². The molecule has 0 atom stereocenters. The lowest BCUT2D eigenvalue weighted by Gasteiger charge is -2.15. The van der Waals surface area contributed by atoms with Gasteiger partial charge in [-0.2, -0.15) is 0 Å². The number of ketones is 1. The van der Waals surface area contributed by atoms with Gasteiger partial charge in [0.1, 0.15) is 5.75 Å². The summed E-state index contributed by atoms with van der Waals surface area (Å²) in [6, 6.07) is 11.3. The molecule has 1 amide bonds. The summed E-state index contributed by atoms with van der Waals surface area (Å²) in [5.41, 5.74) is 1.63. The number of hydrogen-bond donors (Lipinski definition) is 1. The Hall–Kier alpha value is -3.25. The summed E-state index contributed by atoms with van der Waals surface area (Å²) in [4.78, 5) is 42.1. The zero-order valence-electron chi connectivity index (χ0n) is 18.2. The molecule has 0 aliphatic carbocycles. The fraction of sp³-hybridized carbons (Fsp3) is 0.217. The number of fused-ring (bicyclic) bond motifs is 1. The van der Waals surface area contributed by atoms with Crippen LogP contribution in [0.3, 0.4) is 0 Å². The Balaban J connectivity index is 1.55. The molecule has 1 aliphatic heterocycles. The third-order valence-corrected chi connectivity index (χ3v) is 6.95. The van der Waals surface area contributed by atoms with E-state index in [0.717, 1.165) is 23.9 Å². The maximum atomic E-state index is 13.2. The van der Waals surface area contributed by atoms with E-state index in [-0.39, 0.29) is 28.2 Å². The number of rotatable bonds is 7. The molecule has 1 aliphatic rings. The van der Waals surface area contributed by atoms with Gasteiger partial charge in [0.2, 0.25) is 5.91 Å². The Morgan fingerprint density at radius 2 is 1.83 bits per heavy atom. The van der Waals surface area contributed by atoms with Crippen molar-refractivity contribution in [2.24, 2.45) is 0 Å². The average molecular weight is 522 g/mol. The lowest BCUT2D eigenvalue weighted by Crippen LogP contribution is -2.24. The number of ether oxygens (including phenoxy) is 1. The molecular weight excluding hydrogens is 503 g/mol. The van der Waals surface area contributed by atoms with E-state index in [1.165, 1.54) is 35.4 Å². The molecule has 1 aromatic heterocycles. The fourth-order valence-electron chi connectivity index (χ4n) is 3.33. The van der Waals surface area contributed by atoms with Gasteiger partial charge in [0.15, 0.2) is 10.9 Å². The minimum Gasteiger partial charge on any atom is -0.406 e. The van der Waals surface area contributed by atoms with Crippen LogP contribution in [0.25, 0.3) is 5.69 Å². The second-order valence-corrected chi connectivity index (χ2v) is 9.47. The molecule has 0 fully saturated rings. The molecule has 2 heterocycles. The Labute approximate surface area is 206 Å². The largest absolute Gasteiger partial charge is 0.573 e. The number of nitrogens with one attached hydrogen (secondary N) is 1. The first-order valence-electron chi connectivity index (χ1n) is 10.3. The van der Waals surface area contributed by atoms with Crippen LogP contribution in [0.4, 0.5) is 18.9 Å². The fourth-order valence-corrected chi connectivity index (χ4v) is 5.18. The van der Waals surface area contributed by atoms with Crippen LogP contribution in [0.1, 0.15) is 23.0 Å². The number of aromatic nitrogens is 2. The minimum absolute atomic E-state index is 0.0674. The summed E-state index contributed by atoms with van der Waals surface area (Å²) in [6.45, 7) is 1.45. The zero-order valence-corrected chi connectivity index (χ0v) is 19.9. The van der Waals surface area contributed by atoms with Crippen molar-refractivity contribution in [2.75, 3.05) is 16.8 Å². The van der Waals surface area contributed by atoms with Gasteiger partial charge in [0.25, 0.3) is 5.56 Å². The highest BCUT2D eigenvalue weighted by Gasteiger charge is 2.31. The van der Waals surface area contributed by atoms with Crippen molar-refractivity contribution < 1.29 is 27.5 Å². The lowest BCUT2D eigenvalue weighted by molar-refractivity contribution is -0.274. The molecule has 12 heteroatoms. The number of carbonyl (C=O) groups is 2. The second-order valence-electron chi connectivity index (χ2n) is 7.42. The number of benzene rings is 2. The molecule has 0 unspecified atom stereocenters. The minimum atomic E-state index is -4.83. The molecule has 0 saturated carbocycles. The van der Waals surface area contributed by atoms with Crippen molar-refractivity contribution in [1.82, 2.24) is 9.55 Å². The topological polar surface area (TPSA) is 90.3 Å². The molecule has 7 nitrogen and oxygen atoms in total. The van der Waals surface area contributed by atoms with Crippen molar-refractivity contribution in [3.63, 3.8) is 0 Å². The maximum absolute atomic E-state index is 13.2. The monoisotopic (exact) mass is 521 g/mol. The van der Waals surface area contributed by atoms with E-state index in [0.29, 0.717) is 39.7 Å². The average Bonchev–Trinajstić information content (AvgIpc) is 3.27. The lowest BCUT2D eigenvalue weighted by atomic mass is 10.1. The molecule has 0 radical (unpaired) electrons. The van der Waals surface area contributed by atoms with Crippen molar-refractivity contribution in [1.29, 1.82) is 0 Å². The van der Waals surface area contributed by atoms with Gasteiger partial charge >= 0.3 is 6.36 Å². The van der Waals surface area contributed by atoms with Gasteiger partial charge < -0.3 is 10.1 Å². The van der Waals surface area contributed by atoms with E-state index in [4.69, 9.17) is 0 Å². The molecule has 35 heavy (non-hydrogen) atoms. The van der Waals surface area contributed by atoms with Gasteiger partial charge in [0.05, 0.1) is 22.0 Å². The van der Waals surface area contributed by atoms with Crippen LogP contribution < -0.4 is 15.6 Å². The number of Topliss-reactive ketones (excluding diaryl/α,β-unsaturated/α-hetero) is 1. The van der Waals surface area contributed by atoms with Crippen molar-refractivity contribution >= 4 is 40.9 Å². The number of nitrogens with zero attached hydrogens (tertiary/aromatic N) is 2. The first-order valence-corrected chi connectivity index (χ1v) is 12.3.